The summed E-state index contributed by atoms with van der Waals surface area (Å²) in [5, 5.41) is 2.54. The van der Waals surface area contributed by atoms with Crippen LogP contribution in [0.2, 0.25) is 0 Å². The van der Waals surface area contributed by atoms with Crippen molar-refractivity contribution < 1.29 is 13.6 Å². The number of likely N-dealkylation sites (N-methyl/N-ethyl adjacent to an activating group) is 1. The molecule has 2 rings (SSSR count). The van der Waals surface area contributed by atoms with Crippen LogP contribution in [0.15, 0.2) is 16.6 Å². The van der Waals surface area contributed by atoms with Crippen LogP contribution in [0.1, 0.15) is 23.2 Å². The summed E-state index contributed by atoms with van der Waals surface area (Å²) in [6.07, 6.45) is 2.36. The first-order valence-corrected chi connectivity index (χ1v) is 6.91. The van der Waals surface area contributed by atoms with E-state index in [0.29, 0.717) is 19.1 Å². The number of halogens is 3. The Balaban J connectivity index is 1.92. The topological polar surface area (TPSA) is 32.3 Å². The maximum absolute atomic E-state index is 13.5. The number of amides is 1. The number of hydrogen-bond acceptors (Lipinski definition) is 2. The lowest BCUT2D eigenvalue weighted by molar-refractivity contribution is 0.0941. The van der Waals surface area contributed by atoms with E-state index < -0.39 is 23.1 Å². The zero-order valence-corrected chi connectivity index (χ0v) is 12.1. The number of benzene rings is 1. The van der Waals surface area contributed by atoms with Crippen LogP contribution >= 0.6 is 15.9 Å². The molecule has 3 nitrogen and oxygen atoms in total. The Morgan fingerprint density at radius 2 is 2.00 bits per heavy atom. The second-order valence-electron chi connectivity index (χ2n) is 4.71. The fraction of sp³-hybridized carbons (Fsp3) is 0.462. The van der Waals surface area contributed by atoms with Crippen LogP contribution < -0.4 is 5.32 Å². The molecule has 1 saturated carbocycles. The normalized spacial score (nSPS) is 14.8. The highest BCUT2D eigenvalue weighted by Crippen LogP contribution is 2.24. The van der Waals surface area contributed by atoms with Crippen LogP contribution in [0.5, 0.6) is 0 Å². The molecular formula is C13H15BrF2N2O. The molecule has 1 aromatic carbocycles. The third-order valence-electron chi connectivity index (χ3n) is 3.15. The molecule has 0 spiro atoms. The Morgan fingerprint density at radius 3 is 2.53 bits per heavy atom. The molecule has 0 bridgehead atoms. The second-order valence-corrected chi connectivity index (χ2v) is 5.63. The van der Waals surface area contributed by atoms with Gasteiger partial charge in [0, 0.05) is 23.6 Å². The largest absolute Gasteiger partial charge is 0.351 e. The van der Waals surface area contributed by atoms with Gasteiger partial charge in [0.25, 0.3) is 5.91 Å². The monoisotopic (exact) mass is 332 g/mol. The molecule has 1 amide bonds. The number of nitrogens with zero attached hydrogens (tertiary/aromatic N) is 1. The molecule has 0 radical (unpaired) electrons. The first kappa shape index (κ1) is 14.4. The number of rotatable bonds is 5. The van der Waals surface area contributed by atoms with Gasteiger partial charge in [-0.1, -0.05) is 15.9 Å². The van der Waals surface area contributed by atoms with Gasteiger partial charge in [0.15, 0.2) is 0 Å². The summed E-state index contributed by atoms with van der Waals surface area (Å²) in [4.78, 5) is 13.9. The summed E-state index contributed by atoms with van der Waals surface area (Å²) in [5.41, 5.74) is -0.530. The summed E-state index contributed by atoms with van der Waals surface area (Å²) in [6, 6.07) is 2.75. The van der Waals surface area contributed by atoms with Crippen LogP contribution in [-0.4, -0.2) is 37.0 Å². The summed E-state index contributed by atoms with van der Waals surface area (Å²) in [5.74, 6) is -2.44. The minimum absolute atomic E-state index is 0.271. The van der Waals surface area contributed by atoms with Gasteiger partial charge in [-0.3, -0.25) is 4.79 Å². The predicted molar refractivity (Wildman–Crippen MR) is 72.0 cm³/mol. The van der Waals surface area contributed by atoms with E-state index in [0.717, 1.165) is 12.1 Å². The molecule has 1 aromatic rings. The molecule has 0 unspecified atom stereocenters. The Hall–Kier alpha value is -1.01. The van der Waals surface area contributed by atoms with Gasteiger partial charge < -0.3 is 10.2 Å². The fourth-order valence-corrected chi connectivity index (χ4v) is 2.29. The number of hydrogen-bond donors (Lipinski definition) is 1. The zero-order valence-electron chi connectivity index (χ0n) is 10.5. The van der Waals surface area contributed by atoms with Crippen LogP contribution in [0.3, 0.4) is 0 Å². The molecule has 0 aromatic heterocycles. The van der Waals surface area contributed by atoms with Crippen LogP contribution in [0, 0.1) is 11.6 Å². The molecule has 1 N–H and O–H groups in total. The molecule has 0 aliphatic heterocycles. The van der Waals surface area contributed by atoms with Crippen LogP contribution in [-0.2, 0) is 0 Å². The highest BCUT2D eigenvalue weighted by atomic mass is 79.9. The molecule has 1 aliphatic rings. The van der Waals surface area contributed by atoms with Crippen LogP contribution in [0.4, 0.5) is 8.78 Å². The number of nitrogens with one attached hydrogen (secondary N) is 1. The predicted octanol–water partition coefficient (Wildman–Crippen LogP) is 2.55. The van der Waals surface area contributed by atoms with Gasteiger partial charge in [-0.2, -0.15) is 0 Å². The number of carbonyl (C=O) groups is 1. The lowest BCUT2D eigenvalue weighted by Crippen LogP contribution is -2.34. The first-order chi connectivity index (χ1) is 8.99. The van der Waals surface area contributed by atoms with Crippen molar-refractivity contribution in [1.29, 1.82) is 0 Å². The highest BCUT2D eigenvalue weighted by molar-refractivity contribution is 9.10. The molecule has 0 saturated heterocycles. The summed E-state index contributed by atoms with van der Waals surface area (Å²) >= 11 is 2.97. The summed E-state index contributed by atoms with van der Waals surface area (Å²) in [6.45, 7) is 1.05. The lowest BCUT2D eigenvalue weighted by Gasteiger charge is -2.15. The molecule has 0 atom stereocenters. The van der Waals surface area contributed by atoms with E-state index >= 15 is 0 Å². The lowest BCUT2D eigenvalue weighted by atomic mass is 10.2. The van der Waals surface area contributed by atoms with E-state index in [1.54, 1.807) is 0 Å². The van der Waals surface area contributed by atoms with Gasteiger partial charge in [-0.25, -0.2) is 8.78 Å². The molecule has 19 heavy (non-hydrogen) atoms. The highest BCUT2D eigenvalue weighted by Gasteiger charge is 2.25. The van der Waals surface area contributed by atoms with E-state index in [9.17, 15) is 13.6 Å². The minimum atomic E-state index is -0.861. The van der Waals surface area contributed by atoms with Crippen LogP contribution in [0.25, 0.3) is 0 Å². The third-order valence-corrected chi connectivity index (χ3v) is 3.61. The summed E-state index contributed by atoms with van der Waals surface area (Å²) in [7, 11) is 1.98. The van der Waals surface area contributed by atoms with Crippen molar-refractivity contribution in [2.45, 2.75) is 18.9 Å². The average Bonchev–Trinajstić information content (AvgIpc) is 3.10. The van der Waals surface area contributed by atoms with Gasteiger partial charge in [-0.15, -0.1) is 0 Å². The van der Waals surface area contributed by atoms with Crippen molar-refractivity contribution in [3.63, 3.8) is 0 Å². The maximum atomic E-state index is 13.5. The second kappa shape index (κ2) is 5.96. The van der Waals surface area contributed by atoms with Gasteiger partial charge in [0.05, 0.1) is 0 Å². The molecular weight excluding hydrogens is 318 g/mol. The Bertz CT molecular complexity index is 469. The van der Waals surface area contributed by atoms with E-state index in [2.05, 4.69) is 26.1 Å². The maximum Gasteiger partial charge on any atom is 0.257 e. The Labute approximate surface area is 119 Å². The molecule has 104 valence electrons. The molecule has 1 aliphatic carbocycles. The van der Waals surface area contributed by atoms with Crippen molar-refractivity contribution in [3.8, 4) is 0 Å². The average molecular weight is 333 g/mol. The van der Waals surface area contributed by atoms with E-state index in [1.807, 2.05) is 7.05 Å². The van der Waals surface area contributed by atoms with Crippen molar-refractivity contribution in [2.24, 2.45) is 0 Å². The standard InChI is InChI=1S/C13H15BrF2N2O/c1-18(9-2-3-9)5-4-17-13(19)12-10(15)6-8(14)7-11(12)16/h6-7,9H,2-5H2,1H3,(H,17,19). The summed E-state index contributed by atoms with van der Waals surface area (Å²) < 4.78 is 27.4. The molecule has 0 heterocycles. The smallest absolute Gasteiger partial charge is 0.257 e. The zero-order chi connectivity index (χ0) is 14.0. The van der Waals surface area contributed by atoms with Crippen molar-refractivity contribution in [1.82, 2.24) is 10.2 Å². The van der Waals surface area contributed by atoms with Crippen molar-refractivity contribution in [3.05, 3.63) is 33.8 Å². The van der Waals surface area contributed by atoms with E-state index in [1.165, 1.54) is 12.8 Å². The van der Waals surface area contributed by atoms with Crippen molar-refractivity contribution in [2.75, 3.05) is 20.1 Å². The van der Waals surface area contributed by atoms with Gasteiger partial charge in [0.2, 0.25) is 0 Å². The van der Waals surface area contributed by atoms with E-state index in [4.69, 9.17) is 0 Å². The quantitative estimate of drug-likeness (QED) is 0.898. The first-order valence-electron chi connectivity index (χ1n) is 6.12. The molecule has 1 fully saturated rings. The van der Waals surface area contributed by atoms with Gasteiger partial charge in [0.1, 0.15) is 17.2 Å². The third kappa shape index (κ3) is 3.73. The number of carbonyl (C=O) groups excluding carboxylic acids is 1. The fourth-order valence-electron chi connectivity index (χ4n) is 1.89. The van der Waals surface area contributed by atoms with E-state index in [-0.39, 0.29) is 4.47 Å². The Morgan fingerprint density at radius 1 is 1.42 bits per heavy atom. The SMILES string of the molecule is CN(CCNC(=O)c1c(F)cc(Br)cc1F)C1CC1. The minimum Gasteiger partial charge on any atom is -0.351 e. The molecule has 6 heteroatoms. The van der Waals surface area contributed by atoms with Gasteiger partial charge >= 0.3 is 0 Å². The van der Waals surface area contributed by atoms with Gasteiger partial charge in [-0.05, 0) is 32.0 Å². The Kier molecular flexibility index (Phi) is 4.52. The van der Waals surface area contributed by atoms with Crippen molar-refractivity contribution >= 4 is 21.8 Å².